The first kappa shape index (κ1) is 23.4. The molecule has 0 radical (unpaired) electrons. The minimum Gasteiger partial charge on any atom is -0.481 e. The molecule has 35 heavy (non-hydrogen) atoms. The summed E-state index contributed by atoms with van der Waals surface area (Å²) in [6.07, 6.45) is 2.81. The van der Waals surface area contributed by atoms with E-state index in [-0.39, 0.29) is 42.7 Å². The average molecular weight is 477 g/mol. The van der Waals surface area contributed by atoms with Gasteiger partial charge in [0.1, 0.15) is 6.61 Å². The summed E-state index contributed by atoms with van der Waals surface area (Å²) in [5, 5.41) is 12.1. The Kier molecular flexibility index (Phi) is 6.50. The third-order valence-corrected chi connectivity index (χ3v) is 8.12. The van der Waals surface area contributed by atoms with Crippen LogP contribution in [0.15, 0.2) is 48.5 Å². The smallest absolute Gasteiger partial charge is 0.407 e. The summed E-state index contributed by atoms with van der Waals surface area (Å²) >= 11 is 0. The molecule has 2 aliphatic carbocycles. The minimum atomic E-state index is -0.827. The lowest BCUT2D eigenvalue weighted by Crippen LogP contribution is -2.55. The molecule has 1 saturated heterocycles. The number of nitrogens with zero attached hydrogens (tertiary/aromatic N) is 1. The van der Waals surface area contributed by atoms with Gasteiger partial charge in [0.25, 0.3) is 0 Å². The van der Waals surface area contributed by atoms with E-state index < -0.39 is 18.0 Å². The Morgan fingerprint density at radius 2 is 1.60 bits per heavy atom. The van der Waals surface area contributed by atoms with Crippen LogP contribution in [0.3, 0.4) is 0 Å². The number of carboxylic acids is 1. The number of likely N-dealkylation sites (tertiary alicyclic amines) is 1. The fourth-order valence-electron chi connectivity index (χ4n) is 5.52. The van der Waals surface area contributed by atoms with E-state index in [1.807, 2.05) is 24.3 Å². The van der Waals surface area contributed by atoms with Crippen molar-refractivity contribution >= 4 is 18.0 Å². The molecule has 7 heteroatoms. The highest BCUT2D eigenvalue weighted by molar-refractivity contribution is 5.80. The monoisotopic (exact) mass is 476 g/mol. The normalized spacial score (nSPS) is 19.1. The molecule has 2 unspecified atom stereocenters. The van der Waals surface area contributed by atoms with Gasteiger partial charge in [-0.25, -0.2) is 4.79 Å². The standard InChI is InChI=1S/C28H32N2O5/c1-17(27(32)33)19-14-30(15-19)26(31)13-25(18-7-6-8-18)29-28(34)35-16-24-22-11-4-2-9-20(22)21-10-3-5-12-23(21)24/h2-5,9-12,17-19,24-25H,6-8,13-16H2,1H3,(H,29,34)(H,32,33). The van der Waals surface area contributed by atoms with Crippen molar-refractivity contribution in [3.8, 4) is 11.1 Å². The van der Waals surface area contributed by atoms with E-state index in [4.69, 9.17) is 4.74 Å². The van der Waals surface area contributed by atoms with Crippen molar-refractivity contribution in [1.82, 2.24) is 10.2 Å². The second kappa shape index (κ2) is 9.72. The number of benzene rings is 2. The summed E-state index contributed by atoms with van der Waals surface area (Å²) in [7, 11) is 0. The maximum atomic E-state index is 12.8. The van der Waals surface area contributed by atoms with Gasteiger partial charge in [-0.2, -0.15) is 0 Å². The molecule has 5 rings (SSSR count). The zero-order chi connectivity index (χ0) is 24.5. The molecular weight excluding hydrogens is 444 g/mol. The van der Waals surface area contributed by atoms with Crippen LogP contribution in [0.1, 0.15) is 49.7 Å². The molecule has 1 heterocycles. The topological polar surface area (TPSA) is 95.9 Å². The fourth-order valence-corrected chi connectivity index (χ4v) is 5.52. The Morgan fingerprint density at radius 1 is 1.00 bits per heavy atom. The van der Waals surface area contributed by atoms with E-state index in [0.717, 1.165) is 30.4 Å². The molecule has 184 valence electrons. The number of carbonyl (C=O) groups is 3. The summed E-state index contributed by atoms with van der Waals surface area (Å²) in [6.45, 7) is 2.86. The Bertz CT molecular complexity index is 1080. The molecule has 7 nitrogen and oxygen atoms in total. The van der Waals surface area contributed by atoms with Crippen molar-refractivity contribution in [3.63, 3.8) is 0 Å². The van der Waals surface area contributed by atoms with Gasteiger partial charge in [-0.3, -0.25) is 9.59 Å². The number of fused-ring (bicyclic) bond motifs is 3. The molecule has 0 bridgehead atoms. The SMILES string of the molecule is CC(C(=O)O)C1CN(C(=O)CC(NC(=O)OCC2c3ccccc3-c3ccccc32)C2CCC2)C1. The Hall–Kier alpha value is -3.35. The highest BCUT2D eigenvalue weighted by Crippen LogP contribution is 2.44. The van der Waals surface area contributed by atoms with Crippen LogP contribution in [0.5, 0.6) is 0 Å². The number of aliphatic carboxylic acids is 1. The quantitative estimate of drug-likeness (QED) is 0.593. The van der Waals surface area contributed by atoms with E-state index in [2.05, 4.69) is 29.6 Å². The largest absolute Gasteiger partial charge is 0.481 e. The lowest BCUT2D eigenvalue weighted by atomic mass is 9.78. The maximum absolute atomic E-state index is 12.8. The molecule has 2 aromatic rings. The summed E-state index contributed by atoms with van der Waals surface area (Å²) in [4.78, 5) is 38.5. The molecule has 3 aliphatic rings. The number of alkyl carbamates (subject to hydrolysis) is 1. The number of nitrogens with one attached hydrogen (secondary N) is 1. The summed E-state index contributed by atoms with van der Waals surface area (Å²) in [6, 6.07) is 16.2. The second-order valence-corrected chi connectivity index (χ2v) is 10.2. The van der Waals surface area contributed by atoms with Gasteiger partial charge in [-0.15, -0.1) is 0 Å². The maximum Gasteiger partial charge on any atom is 0.407 e. The molecule has 0 spiro atoms. The van der Waals surface area contributed by atoms with Crippen LogP contribution in [-0.2, 0) is 14.3 Å². The molecule has 1 saturated carbocycles. The van der Waals surface area contributed by atoms with Crippen LogP contribution in [-0.4, -0.2) is 53.7 Å². The number of rotatable bonds is 8. The van der Waals surface area contributed by atoms with E-state index in [9.17, 15) is 19.5 Å². The fraction of sp³-hybridized carbons (Fsp3) is 0.464. The van der Waals surface area contributed by atoms with Gasteiger partial charge in [-0.1, -0.05) is 61.9 Å². The first-order valence-electron chi connectivity index (χ1n) is 12.5. The van der Waals surface area contributed by atoms with Crippen LogP contribution >= 0.6 is 0 Å². The average Bonchev–Trinajstić information content (AvgIpc) is 3.09. The molecule has 0 aromatic heterocycles. The molecular formula is C28H32N2O5. The van der Waals surface area contributed by atoms with E-state index in [0.29, 0.717) is 13.1 Å². The van der Waals surface area contributed by atoms with Gasteiger partial charge in [0.15, 0.2) is 0 Å². The second-order valence-electron chi connectivity index (χ2n) is 10.2. The first-order valence-corrected chi connectivity index (χ1v) is 12.5. The van der Waals surface area contributed by atoms with E-state index in [1.165, 1.54) is 11.1 Å². The van der Waals surface area contributed by atoms with Crippen LogP contribution in [0, 0.1) is 17.8 Å². The molecule has 2 amide bonds. The van der Waals surface area contributed by atoms with E-state index in [1.54, 1.807) is 11.8 Å². The zero-order valence-electron chi connectivity index (χ0n) is 20.0. The molecule has 1 aliphatic heterocycles. The number of carbonyl (C=O) groups excluding carboxylic acids is 2. The predicted molar refractivity (Wildman–Crippen MR) is 131 cm³/mol. The van der Waals surface area contributed by atoms with Crippen LogP contribution in [0.25, 0.3) is 11.1 Å². The molecule has 2 aromatic carbocycles. The lowest BCUT2D eigenvalue weighted by molar-refractivity contribution is -0.150. The third-order valence-electron chi connectivity index (χ3n) is 8.12. The van der Waals surface area contributed by atoms with Crippen molar-refractivity contribution < 1.29 is 24.2 Å². The predicted octanol–water partition coefficient (Wildman–Crippen LogP) is 4.26. The lowest BCUT2D eigenvalue weighted by Gasteiger charge is -2.42. The van der Waals surface area contributed by atoms with Crippen molar-refractivity contribution in [2.75, 3.05) is 19.7 Å². The number of hydrogen-bond acceptors (Lipinski definition) is 4. The van der Waals surface area contributed by atoms with Crippen LogP contribution < -0.4 is 5.32 Å². The number of ether oxygens (including phenoxy) is 1. The van der Waals surface area contributed by atoms with Gasteiger partial charge in [0.2, 0.25) is 5.91 Å². The number of carboxylic acid groups (broad SMARTS) is 1. The Labute approximate surface area is 205 Å². The minimum absolute atomic E-state index is 0.00584. The van der Waals surface area contributed by atoms with Crippen molar-refractivity contribution in [1.29, 1.82) is 0 Å². The zero-order valence-corrected chi connectivity index (χ0v) is 20.0. The Morgan fingerprint density at radius 3 is 2.14 bits per heavy atom. The Balaban J connectivity index is 1.18. The van der Waals surface area contributed by atoms with Crippen molar-refractivity contribution in [3.05, 3.63) is 59.7 Å². The highest BCUT2D eigenvalue weighted by atomic mass is 16.5. The molecule has 2 fully saturated rings. The van der Waals surface area contributed by atoms with Gasteiger partial charge in [0, 0.05) is 37.4 Å². The first-order chi connectivity index (χ1) is 16.9. The summed E-state index contributed by atoms with van der Waals surface area (Å²) in [5.74, 6) is -1.06. The van der Waals surface area contributed by atoms with Gasteiger partial charge in [-0.05, 0) is 41.0 Å². The highest BCUT2D eigenvalue weighted by Gasteiger charge is 2.39. The number of hydrogen-bond donors (Lipinski definition) is 2. The number of amides is 2. The molecule has 2 atom stereocenters. The summed E-state index contributed by atoms with van der Waals surface area (Å²) < 4.78 is 5.71. The van der Waals surface area contributed by atoms with Gasteiger partial charge < -0.3 is 20.1 Å². The van der Waals surface area contributed by atoms with Gasteiger partial charge >= 0.3 is 12.1 Å². The van der Waals surface area contributed by atoms with Crippen molar-refractivity contribution in [2.45, 2.75) is 44.6 Å². The van der Waals surface area contributed by atoms with Crippen LogP contribution in [0.4, 0.5) is 4.79 Å². The third kappa shape index (κ3) is 4.64. The van der Waals surface area contributed by atoms with Gasteiger partial charge in [0.05, 0.1) is 5.92 Å². The molecule has 2 N–H and O–H groups in total. The van der Waals surface area contributed by atoms with Crippen molar-refractivity contribution in [2.24, 2.45) is 17.8 Å². The van der Waals surface area contributed by atoms with Crippen LogP contribution in [0.2, 0.25) is 0 Å². The van der Waals surface area contributed by atoms with E-state index >= 15 is 0 Å². The summed E-state index contributed by atoms with van der Waals surface area (Å²) in [5.41, 5.74) is 4.69.